The van der Waals surface area contributed by atoms with Crippen molar-refractivity contribution in [3.63, 3.8) is 0 Å². The molecule has 1 N–H and O–H groups in total. The van der Waals surface area contributed by atoms with Crippen molar-refractivity contribution in [2.75, 3.05) is 6.54 Å². The summed E-state index contributed by atoms with van der Waals surface area (Å²) in [5.74, 6) is 1.87. The van der Waals surface area contributed by atoms with Crippen LogP contribution in [0.25, 0.3) is 0 Å². The van der Waals surface area contributed by atoms with Crippen LogP contribution >= 0.6 is 0 Å². The van der Waals surface area contributed by atoms with Crippen LogP contribution in [0.3, 0.4) is 0 Å². The molecule has 0 atom stereocenters. The Labute approximate surface area is 110 Å². The molecule has 0 spiro atoms. The van der Waals surface area contributed by atoms with Gasteiger partial charge in [0, 0.05) is 24.5 Å². The largest absolute Gasteiger partial charge is 0.490 e. The fourth-order valence-corrected chi connectivity index (χ4v) is 2.45. The van der Waals surface area contributed by atoms with Crippen LogP contribution in [-0.2, 0) is 6.54 Å². The third kappa shape index (κ3) is 3.70. The fourth-order valence-electron chi connectivity index (χ4n) is 2.45. The molecule has 0 saturated heterocycles. The molecule has 2 rings (SSSR count). The summed E-state index contributed by atoms with van der Waals surface area (Å²) in [7, 11) is 0. The molecular formula is C15H24N2O. The van der Waals surface area contributed by atoms with Gasteiger partial charge in [0.25, 0.3) is 0 Å². The standard InChI is InChI=1S/C15H24N2O/c1-3-16-10-13-11-17-9-8-15(13)18-14-6-4-12(2)5-7-14/h8-9,11-12,14,16H,3-7,10H2,1-2H3. The first-order valence-corrected chi connectivity index (χ1v) is 7.10. The Morgan fingerprint density at radius 3 is 2.83 bits per heavy atom. The summed E-state index contributed by atoms with van der Waals surface area (Å²) in [5, 5.41) is 3.33. The summed E-state index contributed by atoms with van der Waals surface area (Å²) in [6, 6.07) is 1.99. The van der Waals surface area contributed by atoms with Crippen molar-refractivity contribution in [1.82, 2.24) is 10.3 Å². The average Bonchev–Trinajstić information content (AvgIpc) is 2.40. The van der Waals surface area contributed by atoms with Crippen LogP contribution in [0.1, 0.15) is 45.1 Å². The highest BCUT2D eigenvalue weighted by atomic mass is 16.5. The van der Waals surface area contributed by atoms with E-state index in [0.717, 1.165) is 30.3 Å². The molecule has 0 amide bonds. The second-order valence-corrected chi connectivity index (χ2v) is 5.26. The van der Waals surface area contributed by atoms with Crippen molar-refractivity contribution in [2.24, 2.45) is 5.92 Å². The Morgan fingerprint density at radius 2 is 2.11 bits per heavy atom. The maximum absolute atomic E-state index is 6.15. The second kappa shape index (κ2) is 6.74. The highest BCUT2D eigenvalue weighted by molar-refractivity contribution is 5.30. The van der Waals surface area contributed by atoms with Crippen molar-refractivity contribution in [3.8, 4) is 5.75 Å². The molecule has 1 aliphatic carbocycles. The van der Waals surface area contributed by atoms with E-state index in [1.165, 1.54) is 25.7 Å². The van der Waals surface area contributed by atoms with Crippen LogP contribution in [0.4, 0.5) is 0 Å². The molecule has 0 radical (unpaired) electrons. The maximum atomic E-state index is 6.15. The number of nitrogens with one attached hydrogen (secondary N) is 1. The van der Waals surface area contributed by atoms with Gasteiger partial charge in [-0.1, -0.05) is 13.8 Å². The van der Waals surface area contributed by atoms with Crippen molar-refractivity contribution >= 4 is 0 Å². The van der Waals surface area contributed by atoms with E-state index in [-0.39, 0.29) is 0 Å². The molecular weight excluding hydrogens is 224 g/mol. The van der Waals surface area contributed by atoms with E-state index in [0.29, 0.717) is 6.10 Å². The van der Waals surface area contributed by atoms with Crippen LogP contribution in [-0.4, -0.2) is 17.6 Å². The molecule has 0 unspecified atom stereocenters. The first-order valence-electron chi connectivity index (χ1n) is 7.10. The minimum Gasteiger partial charge on any atom is -0.490 e. The minimum absolute atomic E-state index is 0.393. The predicted molar refractivity (Wildman–Crippen MR) is 73.7 cm³/mol. The van der Waals surface area contributed by atoms with E-state index in [4.69, 9.17) is 4.74 Å². The Hall–Kier alpha value is -1.09. The molecule has 0 aromatic carbocycles. The summed E-state index contributed by atoms with van der Waals surface area (Å²) in [4.78, 5) is 4.18. The van der Waals surface area contributed by atoms with Crippen LogP contribution in [0.5, 0.6) is 5.75 Å². The quantitative estimate of drug-likeness (QED) is 0.869. The van der Waals surface area contributed by atoms with Crippen LogP contribution in [0.15, 0.2) is 18.5 Å². The van der Waals surface area contributed by atoms with Crippen molar-refractivity contribution in [3.05, 3.63) is 24.0 Å². The molecule has 0 bridgehead atoms. The number of ether oxygens (including phenoxy) is 1. The van der Waals surface area contributed by atoms with E-state index in [9.17, 15) is 0 Å². The van der Waals surface area contributed by atoms with Crippen LogP contribution in [0.2, 0.25) is 0 Å². The summed E-state index contributed by atoms with van der Waals surface area (Å²) >= 11 is 0. The van der Waals surface area contributed by atoms with Gasteiger partial charge < -0.3 is 10.1 Å². The molecule has 1 saturated carbocycles. The number of pyridine rings is 1. The monoisotopic (exact) mass is 248 g/mol. The van der Waals surface area contributed by atoms with Gasteiger partial charge >= 0.3 is 0 Å². The van der Waals surface area contributed by atoms with E-state index < -0.39 is 0 Å². The molecule has 3 heteroatoms. The summed E-state index contributed by atoms with van der Waals surface area (Å²) in [6.07, 6.45) is 9.06. The first-order chi connectivity index (χ1) is 8.79. The normalized spacial score (nSPS) is 23.9. The molecule has 3 nitrogen and oxygen atoms in total. The number of hydrogen-bond acceptors (Lipinski definition) is 3. The second-order valence-electron chi connectivity index (χ2n) is 5.26. The lowest BCUT2D eigenvalue weighted by Gasteiger charge is -2.27. The summed E-state index contributed by atoms with van der Waals surface area (Å²) in [5.41, 5.74) is 1.16. The van der Waals surface area contributed by atoms with Crippen LogP contribution in [0, 0.1) is 5.92 Å². The highest BCUT2D eigenvalue weighted by Crippen LogP contribution is 2.28. The van der Waals surface area contributed by atoms with Gasteiger partial charge in [-0.3, -0.25) is 4.98 Å². The Kier molecular flexibility index (Phi) is 5.00. The van der Waals surface area contributed by atoms with Gasteiger partial charge in [0.15, 0.2) is 0 Å². The predicted octanol–water partition coefficient (Wildman–Crippen LogP) is 3.15. The molecule has 0 aliphatic heterocycles. The molecule has 1 fully saturated rings. The smallest absolute Gasteiger partial charge is 0.127 e. The molecule has 1 aromatic heterocycles. The first kappa shape index (κ1) is 13.3. The van der Waals surface area contributed by atoms with Crippen molar-refractivity contribution < 1.29 is 4.74 Å². The SMILES string of the molecule is CCNCc1cnccc1OC1CCC(C)CC1. The Morgan fingerprint density at radius 1 is 1.33 bits per heavy atom. The third-order valence-corrected chi connectivity index (χ3v) is 3.68. The van der Waals surface area contributed by atoms with Gasteiger partial charge in [-0.05, 0) is 44.2 Å². The van der Waals surface area contributed by atoms with Crippen molar-refractivity contribution in [2.45, 2.75) is 52.2 Å². The van der Waals surface area contributed by atoms with E-state index in [1.807, 2.05) is 18.5 Å². The molecule has 1 aliphatic rings. The topological polar surface area (TPSA) is 34.2 Å². The minimum atomic E-state index is 0.393. The lowest BCUT2D eigenvalue weighted by molar-refractivity contribution is 0.134. The lowest BCUT2D eigenvalue weighted by atomic mass is 9.89. The van der Waals surface area contributed by atoms with Crippen molar-refractivity contribution in [1.29, 1.82) is 0 Å². The highest BCUT2D eigenvalue weighted by Gasteiger charge is 2.20. The van der Waals surface area contributed by atoms with Gasteiger partial charge in [-0.25, -0.2) is 0 Å². The van der Waals surface area contributed by atoms with E-state index in [1.54, 1.807) is 0 Å². The van der Waals surface area contributed by atoms with E-state index in [2.05, 4.69) is 24.1 Å². The third-order valence-electron chi connectivity index (χ3n) is 3.68. The fraction of sp³-hybridized carbons (Fsp3) is 0.667. The molecule has 18 heavy (non-hydrogen) atoms. The van der Waals surface area contributed by atoms with Gasteiger partial charge in [0.05, 0.1) is 6.10 Å². The average molecular weight is 248 g/mol. The van der Waals surface area contributed by atoms with Gasteiger partial charge in [-0.15, -0.1) is 0 Å². The summed E-state index contributed by atoms with van der Waals surface area (Å²) < 4.78 is 6.15. The maximum Gasteiger partial charge on any atom is 0.127 e. The number of rotatable bonds is 5. The molecule has 1 heterocycles. The van der Waals surface area contributed by atoms with Gasteiger partial charge in [-0.2, -0.15) is 0 Å². The van der Waals surface area contributed by atoms with Gasteiger partial charge in [0.1, 0.15) is 5.75 Å². The zero-order valence-electron chi connectivity index (χ0n) is 11.5. The number of aromatic nitrogens is 1. The van der Waals surface area contributed by atoms with E-state index >= 15 is 0 Å². The van der Waals surface area contributed by atoms with Crippen LogP contribution < -0.4 is 10.1 Å². The molecule has 100 valence electrons. The zero-order valence-corrected chi connectivity index (χ0v) is 11.5. The molecule has 1 aromatic rings. The van der Waals surface area contributed by atoms with Gasteiger partial charge in [0.2, 0.25) is 0 Å². The number of hydrogen-bond donors (Lipinski definition) is 1. The number of nitrogens with zero attached hydrogens (tertiary/aromatic N) is 1. The zero-order chi connectivity index (χ0) is 12.8. The lowest BCUT2D eigenvalue weighted by Crippen LogP contribution is -2.24. The summed E-state index contributed by atoms with van der Waals surface area (Å²) in [6.45, 7) is 6.25. The Balaban J connectivity index is 1.95. The Bertz CT molecular complexity index is 359.